The lowest BCUT2D eigenvalue weighted by Gasteiger charge is -2.35. The van der Waals surface area contributed by atoms with Crippen molar-refractivity contribution in [1.29, 1.82) is 0 Å². The van der Waals surface area contributed by atoms with E-state index in [1.165, 1.54) is 18.2 Å². The van der Waals surface area contributed by atoms with Crippen LogP contribution in [-0.4, -0.2) is 53.7 Å². The zero-order valence-electron chi connectivity index (χ0n) is 16.6. The molecule has 1 fully saturated rings. The highest BCUT2D eigenvalue weighted by Crippen LogP contribution is 2.30. The number of halogens is 4. The second kappa shape index (κ2) is 8.66. The van der Waals surface area contributed by atoms with Crippen LogP contribution in [0.1, 0.15) is 23.1 Å². The van der Waals surface area contributed by atoms with Crippen LogP contribution in [0.15, 0.2) is 53.7 Å². The fourth-order valence-corrected chi connectivity index (χ4v) is 3.76. The van der Waals surface area contributed by atoms with Crippen LogP contribution in [0.5, 0.6) is 0 Å². The molecule has 2 aliphatic heterocycles. The van der Waals surface area contributed by atoms with Crippen molar-refractivity contribution < 1.29 is 27.2 Å². The van der Waals surface area contributed by atoms with Crippen molar-refractivity contribution in [2.45, 2.75) is 25.2 Å². The highest BCUT2D eigenvalue weighted by atomic mass is 19.4. The monoisotopic (exact) mass is 435 g/mol. The van der Waals surface area contributed by atoms with Gasteiger partial charge in [0, 0.05) is 39.1 Å². The molecule has 0 aliphatic carbocycles. The molecule has 1 unspecified atom stereocenters. The summed E-state index contributed by atoms with van der Waals surface area (Å²) in [6.45, 7) is 2.43. The Morgan fingerprint density at radius 1 is 1.06 bits per heavy atom. The number of hydrogen-bond acceptors (Lipinski definition) is 4. The summed E-state index contributed by atoms with van der Waals surface area (Å²) in [5.74, 6) is -0.515. The largest absolute Gasteiger partial charge is 0.416 e. The Morgan fingerprint density at radius 2 is 1.77 bits per heavy atom. The number of oxime groups is 1. The molecule has 4 rings (SSSR count). The third kappa shape index (κ3) is 5.04. The molecule has 0 bridgehead atoms. The van der Waals surface area contributed by atoms with E-state index < -0.39 is 17.8 Å². The van der Waals surface area contributed by atoms with Crippen molar-refractivity contribution in [3.8, 4) is 0 Å². The molecule has 1 saturated heterocycles. The number of piperazine rings is 1. The Morgan fingerprint density at radius 3 is 2.45 bits per heavy atom. The van der Waals surface area contributed by atoms with E-state index in [-0.39, 0.29) is 11.7 Å². The Balaban J connectivity index is 1.28. The standard InChI is InChI=1S/C22H21F4N3O2/c23-18-6-4-16(5-7-18)19-13-20(31-27-19)21(30)29-10-8-28(9-11-29)14-15-2-1-3-17(12-15)22(24,25)26/h1-7,12,20H,8-11,13-14H2. The smallest absolute Gasteiger partial charge is 0.382 e. The van der Waals surface area contributed by atoms with Crippen LogP contribution >= 0.6 is 0 Å². The molecular formula is C22H21F4N3O2. The number of nitrogens with zero attached hydrogens (tertiary/aromatic N) is 3. The number of amides is 1. The lowest BCUT2D eigenvalue weighted by atomic mass is 10.0. The molecule has 0 saturated carbocycles. The highest BCUT2D eigenvalue weighted by molar-refractivity contribution is 6.04. The minimum atomic E-state index is -4.36. The summed E-state index contributed by atoms with van der Waals surface area (Å²) < 4.78 is 51.8. The molecule has 2 aromatic rings. The predicted octanol–water partition coefficient (Wildman–Crippen LogP) is 3.68. The van der Waals surface area contributed by atoms with Gasteiger partial charge in [-0.05, 0) is 29.3 Å². The zero-order chi connectivity index (χ0) is 22.0. The molecular weight excluding hydrogens is 414 g/mol. The third-order valence-electron chi connectivity index (χ3n) is 5.47. The van der Waals surface area contributed by atoms with Gasteiger partial charge < -0.3 is 9.74 Å². The van der Waals surface area contributed by atoms with E-state index in [4.69, 9.17) is 4.84 Å². The number of hydrogen-bond donors (Lipinski definition) is 0. The first-order valence-corrected chi connectivity index (χ1v) is 9.95. The van der Waals surface area contributed by atoms with Gasteiger partial charge in [-0.15, -0.1) is 0 Å². The fourth-order valence-electron chi connectivity index (χ4n) is 3.76. The molecule has 1 amide bonds. The first-order chi connectivity index (χ1) is 14.8. The highest BCUT2D eigenvalue weighted by Gasteiger charge is 2.34. The molecule has 2 aliphatic rings. The number of carbonyl (C=O) groups excluding carboxylic acids is 1. The predicted molar refractivity (Wildman–Crippen MR) is 106 cm³/mol. The van der Waals surface area contributed by atoms with E-state index in [0.29, 0.717) is 56.0 Å². The maximum atomic E-state index is 13.1. The molecule has 0 aromatic heterocycles. The van der Waals surface area contributed by atoms with Crippen LogP contribution in [0.4, 0.5) is 17.6 Å². The molecule has 2 aromatic carbocycles. The summed E-state index contributed by atoms with van der Waals surface area (Å²) in [6, 6.07) is 11.2. The van der Waals surface area contributed by atoms with Crippen LogP contribution in [0.25, 0.3) is 0 Å². The second-order valence-electron chi connectivity index (χ2n) is 7.64. The Labute approximate surface area is 176 Å². The Bertz CT molecular complexity index is 967. The van der Waals surface area contributed by atoms with Gasteiger partial charge in [0.25, 0.3) is 5.91 Å². The van der Waals surface area contributed by atoms with Gasteiger partial charge in [0.05, 0.1) is 11.3 Å². The Kier molecular flexibility index (Phi) is 5.95. The SMILES string of the molecule is O=C(C1CC(c2ccc(F)cc2)=NO1)N1CCN(Cc2cccc(C(F)(F)F)c2)CC1. The van der Waals surface area contributed by atoms with Gasteiger partial charge >= 0.3 is 6.18 Å². The number of alkyl halides is 3. The zero-order valence-corrected chi connectivity index (χ0v) is 16.6. The lowest BCUT2D eigenvalue weighted by molar-refractivity contribution is -0.144. The summed E-state index contributed by atoms with van der Waals surface area (Å²) in [6.07, 6.45) is -4.76. The van der Waals surface area contributed by atoms with E-state index in [9.17, 15) is 22.4 Å². The minimum Gasteiger partial charge on any atom is -0.382 e. The van der Waals surface area contributed by atoms with E-state index >= 15 is 0 Å². The quantitative estimate of drug-likeness (QED) is 0.689. The number of carbonyl (C=O) groups is 1. The van der Waals surface area contributed by atoms with Crippen molar-refractivity contribution in [1.82, 2.24) is 9.80 Å². The maximum Gasteiger partial charge on any atom is 0.416 e. The van der Waals surface area contributed by atoms with Crippen LogP contribution in [0.2, 0.25) is 0 Å². The third-order valence-corrected chi connectivity index (χ3v) is 5.47. The van der Waals surface area contributed by atoms with Crippen LogP contribution in [0, 0.1) is 5.82 Å². The molecule has 31 heavy (non-hydrogen) atoms. The molecule has 2 heterocycles. The van der Waals surface area contributed by atoms with Gasteiger partial charge in [-0.25, -0.2) is 4.39 Å². The molecule has 164 valence electrons. The normalized spacial score (nSPS) is 19.8. The van der Waals surface area contributed by atoms with Gasteiger partial charge in [-0.3, -0.25) is 9.69 Å². The molecule has 0 N–H and O–H groups in total. The van der Waals surface area contributed by atoms with E-state index in [2.05, 4.69) is 5.16 Å². The summed E-state index contributed by atoms with van der Waals surface area (Å²) in [7, 11) is 0. The topological polar surface area (TPSA) is 45.1 Å². The van der Waals surface area contributed by atoms with Crippen molar-refractivity contribution >= 4 is 11.6 Å². The van der Waals surface area contributed by atoms with Gasteiger partial charge in [0.1, 0.15) is 5.82 Å². The first-order valence-electron chi connectivity index (χ1n) is 9.95. The van der Waals surface area contributed by atoms with Gasteiger partial charge in [0.15, 0.2) is 0 Å². The molecule has 5 nitrogen and oxygen atoms in total. The summed E-state index contributed by atoms with van der Waals surface area (Å²) in [5.41, 5.74) is 1.24. The van der Waals surface area contributed by atoms with Crippen LogP contribution < -0.4 is 0 Å². The average Bonchev–Trinajstić information content (AvgIpc) is 3.24. The first kappa shape index (κ1) is 21.3. The molecule has 0 spiro atoms. The molecule has 1 atom stereocenters. The van der Waals surface area contributed by atoms with Crippen molar-refractivity contribution in [2.75, 3.05) is 26.2 Å². The average molecular weight is 435 g/mol. The van der Waals surface area contributed by atoms with E-state index in [1.807, 2.05) is 4.90 Å². The summed E-state index contributed by atoms with van der Waals surface area (Å²) >= 11 is 0. The molecule has 9 heteroatoms. The summed E-state index contributed by atoms with van der Waals surface area (Å²) in [4.78, 5) is 21.8. The minimum absolute atomic E-state index is 0.167. The van der Waals surface area contributed by atoms with E-state index in [0.717, 1.165) is 12.1 Å². The molecule has 0 radical (unpaired) electrons. The Hall–Kier alpha value is -2.94. The maximum absolute atomic E-state index is 13.1. The van der Waals surface area contributed by atoms with Crippen molar-refractivity contribution in [3.05, 3.63) is 71.0 Å². The van der Waals surface area contributed by atoms with Crippen LogP contribution in [0.3, 0.4) is 0 Å². The lowest BCUT2D eigenvalue weighted by Crippen LogP contribution is -2.51. The van der Waals surface area contributed by atoms with Gasteiger partial charge in [-0.1, -0.05) is 35.5 Å². The van der Waals surface area contributed by atoms with Crippen LogP contribution in [-0.2, 0) is 22.4 Å². The van der Waals surface area contributed by atoms with Crippen molar-refractivity contribution in [3.63, 3.8) is 0 Å². The van der Waals surface area contributed by atoms with Gasteiger partial charge in [-0.2, -0.15) is 13.2 Å². The fraction of sp³-hybridized carbons (Fsp3) is 0.364. The second-order valence-corrected chi connectivity index (χ2v) is 7.64. The summed E-state index contributed by atoms with van der Waals surface area (Å²) in [5, 5.41) is 3.98. The van der Waals surface area contributed by atoms with Gasteiger partial charge in [0.2, 0.25) is 6.10 Å². The van der Waals surface area contributed by atoms with Crippen molar-refractivity contribution in [2.24, 2.45) is 5.16 Å². The van der Waals surface area contributed by atoms with E-state index in [1.54, 1.807) is 23.1 Å². The number of benzene rings is 2. The number of rotatable bonds is 4.